The molecule has 30 heavy (non-hydrogen) atoms. The van der Waals surface area contributed by atoms with Gasteiger partial charge in [0.05, 0.1) is 12.7 Å². The molecule has 3 aliphatic rings. The Bertz CT molecular complexity index is 1040. The zero-order valence-corrected chi connectivity index (χ0v) is 18.3. The number of carbonyl (C=O) groups excluding carboxylic acids is 2. The summed E-state index contributed by atoms with van der Waals surface area (Å²) in [6, 6.07) is 10.1. The van der Waals surface area contributed by atoms with Crippen molar-refractivity contribution in [1.82, 2.24) is 0 Å². The van der Waals surface area contributed by atoms with Crippen LogP contribution in [0.25, 0.3) is 6.08 Å². The van der Waals surface area contributed by atoms with Gasteiger partial charge in [-0.3, -0.25) is 4.79 Å². The van der Waals surface area contributed by atoms with Gasteiger partial charge in [-0.15, -0.1) is 0 Å². The number of nitriles is 1. The third-order valence-corrected chi connectivity index (χ3v) is 6.90. The summed E-state index contributed by atoms with van der Waals surface area (Å²) in [5, 5.41) is 10.2. The number of nitrogens with zero attached hydrogens (tertiary/aromatic N) is 1. The fourth-order valence-electron chi connectivity index (χ4n) is 5.05. The summed E-state index contributed by atoms with van der Waals surface area (Å²) in [7, 11) is 0. The summed E-state index contributed by atoms with van der Waals surface area (Å²) in [4.78, 5) is 26.1. The minimum absolute atomic E-state index is 0.000302. The molecule has 0 spiro atoms. The monoisotopic (exact) mass is 463 g/mol. The first-order valence-corrected chi connectivity index (χ1v) is 10.9. The average Bonchev–Trinajstić information content (AvgIpc) is 2.87. The molecule has 5 heteroatoms. The molecule has 0 aliphatic heterocycles. The summed E-state index contributed by atoms with van der Waals surface area (Å²) in [6.45, 7) is 1.94. The standard InChI is InChI=1S/C25H22BrNO3/c1-2-30-24(29)25(15-27)21-7-5-3-4-6-19(21)20-13-17(23(28)14-22(20)25)12-16-8-10-18(26)11-9-16/h3-12,19-20,22H,2,13-14H2,1H3/b17-12+/t19-,20+,22+,25+/m1/s1. The second-order valence-electron chi connectivity index (χ2n) is 7.88. The Balaban J connectivity index is 1.77. The number of carbonyl (C=O) groups is 2. The molecular formula is C25H22BrNO3. The number of ether oxygens (including phenoxy) is 1. The van der Waals surface area contributed by atoms with Crippen LogP contribution in [-0.4, -0.2) is 18.4 Å². The maximum atomic E-state index is 13.1. The van der Waals surface area contributed by atoms with E-state index in [1.807, 2.05) is 54.6 Å². The Morgan fingerprint density at radius 1 is 1.27 bits per heavy atom. The summed E-state index contributed by atoms with van der Waals surface area (Å²) in [5.41, 5.74) is 1.05. The van der Waals surface area contributed by atoms with Crippen molar-refractivity contribution in [3.63, 3.8) is 0 Å². The Morgan fingerprint density at radius 2 is 2.03 bits per heavy atom. The van der Waals surface area contributed by atoms with Crippen molar-refractivity contribution in [3.8, 4) is 6.07 Å². The van der Waals surface area contributed by atoms with Crippen molar-refractivity contribution in [1.29, 1.82) is 5.26 Å². The largest absolute Gasteiger partial charge is 0.465 e. The van der Waals surface area contributed by atoms with Crippen molar-refractivity contribution < 1.29 is 14.3 Å². The normalized spacial score (nSPS) is 30.8. The summed E-state index contributed by atoms with van der Waals surface area (Å²) in [5.74, 6) is -0.998. The Labute approximate surface area is 184 Å². The van der Waals surface area contributed by atoms with E-state index in [9.17, 15) is 14.9 Å². The van der Waals surface area contributed by atoms with Gasteiger partial charge in [-0.05, 0) is 54.2 Å². The maximum Gasteiger partial charge on any atom is 0.331 e. The number of allylic oxidation sites excluding steroid dienone is 6. The quantitative estimate of drug-likeness (QED) is 0.457. The van der Waals surface area contributed by atoms with E-state index in [2.05, 4.69) is 28.1 Å². The lowest BCUT2D eigenvalue weighted by Gasteiger charge is -2.33. The van der Waals surface area contributed by atoms with E-state index in [1.165, 1.54) is 0 Å². The van der Waals surface area contributed by atoms with E-state index < -0.39 is 11.4 Å². The SMILES string of the molecule is CCOC(=O)[C@@]1(C#N)C2=CC=CC=C[C@@H]2[C@@H]2C/C(=C\c3ccc(Br)cc3)C(=O)C[C@@H]21. The molecule has 0 saturated heterocycles. The fourth-order valence-corrected chi connectivity index (χ4v) is 5.32. The molecule has 3 aliphatic carbocycles. The zero-order chi connectivity index (χ0) is 21.3. The molecule has 4 nitrogen and oxygen atoms in total. The second kappa shape index (κ2) is 8.20. The van der Waals surface area contributed by atoms with Gasteiger partial charge in [0.15, 0.2) is 11.2 Å². The predicted molar refractivity (Wildman–Crippen MR) is 118 cm³/mol. The highest BCUT2D eigenvalue weighted by Gasteiger charge is 2.63. The molecule has 1 aromatic carbocycles. The topological polar surface area (TPSA) is 67.2 Å². The van der Waals surface area contributed by atoms with E-state index >= 15 is 0 Å². The minimum Gasteiger partial charge on any atom is -0.465 e. The van der Waals surface area contributed by atoms with Crippen LogP contribution >= 0.6 is 15.9 Å². The number of benzene rings is 1. The number of ketones is 1. The lowest BCUT2D eigenvalue weighted by atomic mass is 9.67. The lowest BCUT2D eigenvalue weighted by Crippen LogP contribution is -2.41. The summed E-state index contributed by atoms with van der Waals surface area (Å²) >= 11 is 3.43. The van der Waals surface area contributed by atoms with Crippen LogP contribution in [0.15, 0.2) is 70.3 Å². The highest BCUT2D eigenvalue weighted by Crippen LogP contribution is 2.60. The number of hydrogen-bond acceptors (Lipinski definition) is 4. The van der Waals surface area contributed by atoms with Gasteiger partial charge >= 0.3 is 5.97 Å². The average molecular weight is 464 g/mol. The Morgan fingerprint density at radius 3 is 2.73 bits per heavy atom. The predicted octanol–water partition coefficient (Wildman–Crippen LogP) is 5.18. The van der Waals surface area contributed by atoms with Crippen LogP contribution in [0.1, 0.15) is 25.3 Å². The molecule has 4 rings (SSSR count). The van der Waals surface area contributed by atoms with E-state index in [1.54, 1.807) is 6.92 Å². The number of hydrogen-bond donors (Lipinski definition) is 0. The minimum atomic E-state index is -1.41. The third-order valence-electron chi connectivity index (χ3n) is 6.37. The summed E-state index contributed by atoms with van der Waals surface area (Å²) in [6.07, 6.45) is 12.3. The molecular weight excluding hydrogens is 442 g/mol. The first kappa shape index (κ1) is 20.6. The number of rotatable bonds is 3. The maximum absolute atomic E-state index is 13.1. The number of fused-ring (bicyclic) bond motifs is 3. The second-order valence-corrected chi connectivity index (χ2v) is 8.80. The van der Waals surface area contributed by atoms with Crippen LogP contribution < -0.4 is 0 Å². The Kier molecular flexibility index (Phi) is 5.62. The molecule has 0 radical (unpaired) electrons. The van der Waals surface area contributed by atoms with Gasteiger partial charge in [0.1, 0.15) is 0 Å². The van der Waals surface area contributed by atoms with Crippen molar-refractivity contribution in [2.45, 2.75) is 19.8 Å². The fraction of sp³-hybridized carbons (Fsp3) is 0.320. The van der Waals surface area contributed by atoms with Crippen molar-refractivity contribution in [2.75, 3.05) is 6.61 Å². The zero-order valence-electron chi connectivity index (χ0n) is 16.7. The van der Waals surface area contributed by atoms with Crippen LogP contribution in [0.2, 0.25) is 0 Å². The van der Waals surface area contributed by atoms with Gasteiger partial charge < -0.3 is 4.74 Å². The van der Waals surface area contributed by atoms with Crippen LogP contribution in [-0.2, 0) is 14.3 Å². The smallest absolute Gasteiger partial charge is 0.331 e. The van der Waals surface area contributed by atoms with Gasteiger partial charge in [-0.25, -0.2) is 4.79 Å². The van der Waals surface area contributed by atoms with Crippen molar-refractivity contribution in [2.24, 2.45) is 23.2 Å². The van der Waals surface area contributed by atoms with Crippen LogP contribution in [0, 0.1) is 34.5 Å². The van der Waals surface area contributed by atoms with Gasteiger partial charge in [0.2, 0.25) is 0 Å². The summed E-state index contributed by atoms with van der Waals surface area (Å²) < 4.78 is 6.33. The van der Waals surface area contributed by atoms with E-state index in [4.69, 9.17) is 4.74 Å². The number of esters is 1. The van der Waals surface area contributed by atoms with Gasteiger partial charge in [-0.2, -0.15) is 5.26 Å². The van der Waals surface area contributed by atoms with Crippen LogP contribution in [0.5, 0.6) is 0 Å². The highest BCUT2D eigenvalue weighted by atomic mass is 79.9. The Hall–Kier alpha value is -2.71. The van der Waals surface area contributed by atoms with E-state index in [0.29, 0.717) is 6.42 Å². The van der Waals surface area contributed by atoms with E-state index in [0.717, 1.165) is 21.2 Å². The van der Waals surface area contributed by atoms with Crippen molar-refractivity contribution in [3.05, 3.63) is 75.8 Å². The van der Waals surface area contributed by atoms with Gasteiger partial charge in [0.25, 0.3) is 0 Å². The number of halogens is 1. The molecule has 0 bridgehead atoms. The molecule has 152 valence electrons. The lowest BCUT2D eigenvalue weighted by molar-refractivity contribution is -0.152. The molecule has 0 heterocycles. The molecule has 0 N–H and O–H groups in total. The van der Waals surface area contributed by atoms with Crippen LogP contribution in [0.4, 0.5) is 0 Å². The number of Topliss-reactive ketones (excluding diaryl/α,β-unsaturated/α-hetero) is 1. The van der Waals surface area contributed by atoms with Gasteiger partial charge in [-0.1, -0.05) is 58.4 Å². The van der Waals surface area contributed by atoms with Crippen LogP contribution in [0.3, 0.4) is 0 Å². The molecule has 4 atom stereocenters. The molecule has 1 aromatic rings. The van der Waals surface area contributed by atoms with Gasteiger partial charge in [0, 0.05) is 22.7 Å². The molecule has 0 amide bonds. The highest BCUT2D eigenvalue weighted by molar-refractivity contribution is 9.10. The molecule has 2 fully saturated rings. The molecule has 0 unspecified atom stereocenters. The first-order valence-electron chi connectivity index (χ1n) is 10.1. The van der Waals surface area contributed by atoms with Crippen molar-refractivity contribution >= 4 is 33.8 Å². The van der Waals surface area contributed by atoms with E-state index in [-0.39, 0.29) is 36.6 Å². The molecule has 0 aromatic heterocycles. The molecule has 2 saturated carbocycles. The third kappa shape index (κ3) is 3.30. The first-order chi connectivity index (χ1) is 14.5.